The molecule has 0 amide bonds. The Bertz CT molecular complexity index is 6620. The van der Waals surface area contributed by atoms with Crippen molar-refractivity contribution in [1.82, 2.24) is 19.9 Å². The van der Waals surface area contributed by atoms with Gasteiger partial charge in [-0.2, -0.15) is 0 Å². The van der Waals surface area contributed by atoms with Gasteiger partial charge in [-0.15, -0.1) is 45.3 Å². The van der Waals surface area contributed by atoms with E-state index in [1.165, 1.54) is 114 Å². The zero-order valence-corrected chi connectivity index (χ0v) is 60.3. The van der Waals surface area contributed by atoms with Crippen molar-refractivity contribution in [3.05, 3.63) is 364 Å². The molecule has 0 radical (unpaired) electrons. The Labute approximate surface area is 628 Å². The molecule has 0 N–H and O–H groups in total. The summed E-state index contributed by atoms with van der Waals surface area (Å²) in [7, 11) is 0. The molecule has 4 nitrogen and oxygen atoms in total. The second-order valence-electron chi connectivity index (χ2n) is 26.8. The first kappa shape index (κ1) is 63.1. The molecule has 0 bridgehead atoms. The van der Waals surface area contributed by atoms with E-state index in [1.54, 1.807) is 0 Å². The fraction of sp³-hybridized carbons (Fsp3) is 0. The van der Waals surface area contributed by atoms with Crippen molar-refractivity contribution in [3.8, 4) is 123 Å². The lowest BCUT2D eigenvalue weighted by atomic mass is 9.94. The summed E-state index contributed by atoms with van der Waals surface area (Å²) in [6, 6.07) is 131. The molecule has 15 aromatic carbocycles. The quantitative estimate of drug-likeness (QED) is 0.129. The second kappa shape index (κ2) is 26.9. The number of nitrogens with zero attached hydrogens (tertiary/aromatic N) is 4. The van der Waals surface area contributed by atoms with E-state index >= 15 is 0 Å². The van der Waals surface area contributed by atoms with E-state index in [1.807, 2.05) is 63.5 Å². The van der Waals surface area contributed by atoms with Crippen LogP contribution in [0.1, 0.15) is 0 Å². The van der Waals surface area contributed by atoms with Crippen LogP contribution in [0.2, 0.25) is 0 Å². The Balaban J connectivity index is 0.000000141. The summed E-state index contributed by atoms with van der Waals surface area (Å²) >= 11 is 7.39. The lowest BCUT2D eigenvalue weighted by Gasteiger charge is -2.13. The van der Waals surface area contributed by atoms with Crippen LogP contribution < -0.4 is 0 Å². The number of hydrogen-bond donors (Lipinski definition) is 0. The highest BCUT2D eigenvalue weighted by Crippen LogP contribution is 2.45. The van der Waals surface area contributed by atoms with Crippen LogP contribution in [0.15, 0.2) is 364 Å². The standard InChI is InChI=1S/C52H32N2S2.C46H28N2S2/c1-3-11-33(12-4-1)34-19-21-36(22-20-34)47-32-46(35-13-5-2-6-14-35)53-52(54-47)41-28-39(37-23-25-50-44(30-37)42-15-7-9-17-48(42)55-50)27-40(29-41)38-24-26-51-45(31-38)43-16-8-10-18-49(43)56-51;1-3-11-29(12-4-1)40-28-41(30-13-5-2-6-14-30)48-46(47-40)35-24-33(31-19-21-44-38(26-31)36-15-7-9-17-42(36)49-44)23-34(25-35)32-20-22-45-39(27-32)37-16-8-10-18-43(37)50-45/h1-32H;1-28H. The molecular formula is C98H60N4S4. The van der Waals surface area contributed by atoms with Crippen LogP contribution in [-0.2, 0) is 0 Å². The Morgan fingerprint density at radius 1 is 0.132 bits per heavy atom. The lowest BCUT2D eigenvalue weighted by Crippen LogP contribution is -1.97. The molecule has 106 heavy (non-hydrogen) atoms. The first-order valence-electron chi connectivity index (χ1n) is 35.5. The average molecular weight is 1420 g/mol. The van der Waals surface area contributed by atoms with E-state index in [-0.39, 0.29) is 0 Å². The van der Waals surface area contributed by atoms with Gasteiger partial charge in [0.15, 0.2) is 11.6 Å². The second-order valence-corrected chi connectivity index (χ2v) is 31.1. The molecule has 6 aromatic heterocycles. The predicted molar refractivity (Wildman–Crippen MR) is 455 cm³/mol. The Hall–Kier alpha value is -12.7. The topological polar surface area (TPSA) is 51.6 Å². The van der Waals surface area contributed by atoms with Gasteiger partial charge in [0.2, 0.25) is 0 Å². The van der Waals surface area contributed by atoms with Gasteiger partial charge in [-0.25, -0.2) is 19.9 Å². The highest BCUT2D eigenvalue weighted by Gasteiger charge is 2.20. The fourth-order valence-electron chi connectivity index (χ4n) is 14.8. The summed E-state index contributed by atoms with van der Waals surface area (Å²) in [5.74, 6) is 1.40. The fourth-order valence-corrected chi connectivity index (χ4v) is 19.2. The molecule has 0 fully saturated rings. The van der Waals surface area contributed by atoms with E-state index in [9.17, 15) is 0 Å². The molecule has 0 aliphatic rings. The van der Waals surface area contributed by atoms with E-state index in [0.29, 0.717) is 11.6 Å². The molecule has 21 aromatic rings. The lowest BCUT2D eigenvalue weighted by molar-refractivity contribution is 1.18. The van der Waals surface area contributed by atoms with E-state index in [0.717, 1.165) is 78.4 Å². The van der Waals surface area contributed by atoms with Crippen LogP contribution >= 0.6 is 45.3 Å². The monoisotopic (exact) mass is 1420 g/mol. The third-order valence-electron chi connectivity index (χ3n) is 20.2. The minimum atomic E-state index is 0.695. The van der Waals surface area contributed by atoms with E-state index in [4.69, 9.17) is 19.9 Å². The van der Waals surface area contributed by atoms with Crippen molar-refractivity contribution >= 4 is 126 Å². The van der Waals surface area contributed by atoms with Crippen molar-refractivity contribution in [2.24, 2.45) is 0 Å². The molecule has 0 aliphatic carbocycles. The normalized spacial score (nSPS) is 11.6. The van der Waals surface area contributed by atoms with Crippen molar-refractivity contribution in [3.63, 3.8) is 0 Å². The maximum atomic E-state index is 5.33. The molecule has 0 saturated heterocycles. The summed E-state index contributed by atoms with van der Waals surface area (Å²) in [6.07, 6.45) is 0. The highest BCUT2D eigenvalue weighted by atomic mass is 32.1. The third kappa shape index (κ3) is 12.0. The molecule has 0 atom stereocenters. The summed E-state index contributed by atoms with van der Waals surface area (Å²) in [4.78, 5) is 21.1. The Kier molecular flexibility index (Phi) is 16.0. The van der Waals surface area contributed by atoms with Crippen molar-refractivity contribution < 1.29 is 0 Å². The van der Waals surface area contributed by atoms with Gasteiger partial charge >= 0.3 is 0 Å². The summed E-state index contributed by atoms with van der Waals surface area (Å²) in [5.41, 5.74) is 21.4. The van der Waals surface area contributed by atoms with Crippen molar-refractivity contribution in [2.75, 3.05) is 0 Å². The van der Waals surface area contributed by atoms with Gasteiger partial charge in [0.1, 0.15) is 0 Å². The van der Waals surface area contributed by atoms with Crippen LogP contribution in [0.3, 0.4) is 0 Å². The van der Waals surface area contributed by atoms with Crippen LogP contribution in [0.4, 0.5) is 0 Å². The van der Waals surface area contributed by atoms with E-state index in [2.05, 4.69) is 346 Å². The zero-order valence-electron chi connectivity index (χ0n) is 57.1. The van der Waals surface area contributed by atoms with Crippen LogP contribution in [0.5, 0.6) is 0 Å². The SMILES string of the molecule is c1ccc(-c2cc(-c3ccccc3)nc(-c3cc(-c4ccc5sc6ccccc6c5c4)cc(-c4ccc5sc6ccccc6c5c4)c3)n2)cc1.c1ccc(-c2ccc(-c3cc(-c4ccccc4)nc(-c4cc(-c5ccc6sc7ccccc7c6c5)cc(-c5ccc6sc7ccccc7c6c5)c4)n3)cc2)cc1. The minimum absolute atomic E-state index is 0.695. The molecule has 0 spiro atoms. The van der Waals surface area contributed by atoms with Gasteiger partial charge in [-0.1, -0.05) is 243 Å². The van der Waals surface area contributed by atoms with Crippen molar-refractivity contribution in [1.29, 1.82) is 0 Å². The maximum absolute atomic E-state index is 5.33. The van der Waals surface area contributed by atoms with Crippen molar-refractivity contribution in [2.45, 2.75) is 0 Å². The molecule has 0 unspecified atom stereocenters. The number of hydrogen-bond acceptors (Lipinski definition) is 8. The Morgan fingerprint density at radius 2 is 0.340 bits per heavy atom. The van der Waals surface area contributed by atoms with Crippen LogP contribution in [-0.4, -0.2) is 19.9 Å². The molecule has 6 heterocycles. The zero-order chi connectivity index (χ0) is 70.0. The molecule has 21 rings (SSSR count). The summed E-state index contributed by atoms with van der Waals surface area (Å²) in [6.45, 7) is 0. The average Bonchev–Trinajstić information content (AvgIpc) is 1.46. The largest absolute Gasteiger partial charge is 0.228 e. The molecule has 0 saturated carbocycles. The molecule has 0 aliphatic heterocycles. The molecular weight excluding hydrogens is 1360 g/mol. The highest BCUT2D eigenvalue weighted by molar-refractivity contribution is 7.27. The van der Waals surface area contributed by atoms with Gasteiger partial charge in [-0.3, -0.25) is 0 Å². The van der Waals surface area contributed by atoms with Crippen LogP contribution in [0.25, 0.3) is 204 Å². The van der Waals surface area contributed by atoms with Gasteiger partial charge in [0, 0.05) is 114 Å². The van der Waals surface area contributed by atoms with Gasteiger partial charge in [0.05, 0.1) is 22.8 Å². The van der Waals surface area contributed by atoms with Gasteiger partial charge in [0.25, 0.3) is 0 Å². The number of fused-ring (bicyclic) bond motifs is 12. The minimum Gasteiger partial charge on any atom is -0.228 e. The molecule has 496 valence electrons. The first-order chi connectivity index (χ1) is 52.4. The first-order valence-corrected chi connectivity index (χ1v) is 38.8. The number of aromatic nitrogens is 4. The number of thiophene rings is 4. The maximum Gasteiger partial charge on any atom is 0.160 e. The number of rotatable bonds is 11. The predicted octanol–water partition coefficient (Wildman–Crippen LogP) is 28.8. The summed E-state index contributed by atoms with van der Waals surface area (Å²) < 4.78 is 10.4. The summed E-state index contributed by atoms with van der Waals surface area (Å²) in [5, 5.41) is 10.3. The molecule has 8 heteroatoms. The Morgan fingerprint density at radius 3 is 0.632 bits per heavy atom. The van der Waals surface area contributed by atoms with Gasteiger partial charge < -0.3 is 0 Å². The van der Waals surface area contributed by atoms with Gasteiger partial charge in [-0.05, 0) is 177 Å². The smallest absolute Gasteiger partial charge is 0.160 e. The van der Waals surface area contributed by atoms with E-state index < -0.39 is 0 Å². The van der Waals surface area contributed by atoms with Crippen LogP contribution in [0, 0.1) is 0 Å². The third-order valence-corrected chi connectivity index (χ3v) is 24.8. The number of benzene rings is 15.